The predicted octanol–water partition coefficient (Wildman–Crippen LogP) is 9.20. The number of rotatable bonds is 4. The van der Waals surface area contributed by atoms with Gasteiger partial charge >= 0.3 is 0 Å². The maximum Gasteiger partial charge on any atom is 0.234 e. The van der Waals surface area contributed by atoms with Crippen molar-refractivity contribution in [3.05, 3.63) is 125 Å². The third kappa shape index (κ3) is 4.34. The van der Waals surface area contributed by atoms with E-state index in [0.29, 0.717) is 35.3 Å². The van der Waals surface area contributed by atoms with Gasteiger partial charge in [-0.2, -0.15) is 0 Å². The molecule has 6 nitrogen and oxygen atoms in total. The van der Waals surface area contributed by atoms with Gasteiger partial charge in [-0.3, -0.25) is 4.57 Å². The summed E-state index contributed by atoms with van der Waals surface area (Å²) in [6.07, 6.45) is 10.5. The molecule has 7 aromatic rings. The molecule has 222 valence electrons. The Morgan fingerprint density at radius 3 is 1.96 bits per heavy atom. The van der Waals surface area contributed by atoms with E-state index in [4.69, 9.17) is 24.9 Å². The number of allylic oxidation sites excluding steroid dienone is 1. The standard InChI is InChI=1S/C39H30N6S/c1-23-17-18-32-30(19-23)33-24(2)20-29-28-15-9-10-16-31(28)45(34(29)35(33)46-32)39-40-21-27(22-41-39)38-43-36(25-11-5-3-6-12-25)42-37(44-38)26-13-7-4-8-14-26/h3-18,21-24H,19-20H2,1-2H3. The van der Waals surface area contributed by atoms with Crippen molar-refractivity contribution in [2.75, 3.05) is 0 Å². The molecule has 9 rings (SSSR count). The molecule has 0 spiro atoms. The zero-order valence-corrected chi connectivity index (χ0v) is 26.4. The Kier molecular flexibility index (Phi) is 6.28. The lowest BCUT2D eigenvalue weighted by atomic mass is 9.81. The number of hydrogen-bond donors (Lipinski definition) is 0. The molecule has 2 atom stereocenters. The van der Waals surface area contributed by atoms with E-state index in [1.807, 2.05) is 84.4 Å². The van der Waals surface area contributed by atoms with Gasteiger partial charge in [0.15, 0.2) is 17.5 Å². The van der Waals surface area contributed by atoms with Crippen LogP contribution in [0.15, 0.2) is 103 Å². The second-order valence-electron chi connectivity index (χ2n) is 12.3. The summed E-state index contributed by atoms with van der Waals surface area (Å²) in [7, 11) is 0. The molecule has 4 aromatic heterocycles. The number of aromatic nitrogens is 6. The van der Waals surface area contributed by atoms with E-state index in [1.165, 1.54) is 37.5 Å². The molecule has 0 amide bonds. The zero-order chi connectivity index (χ0) is 30.8. The largest absolute Gasteiger partial charge is 0.277 e. The SMILES string of the molecule is CC1C=Cc2sc3c(c2C1)C(C)Cc1c-3n(-c2ncc(-c3nc(-c4ccccc4)nc(-c4ccccc4)n3)cn2)c2ccccc12. The van der Waals surface area contributed by atoms with Crippen molar-refractivity contribution in [3.8, 4) is 50.7 Å². The number of para-hydroxylation sites is 1. The number of hydrogen-bond acceptors (Lipinski definition) is 6. The monoisotopic (exact) mass is 614 g/mol. The molecular formula is C39H30N6S. The van der Waals surface area contributed by atoms with Crippen LogP contribution in [0.4, 0.5) is 0 Å². The molecule has 0 aliphatic heterocycles. The van der Waals surface area contributed by atoms with Crippen LogP contribution >= 0.6 is 11.3 Å². The first kappa shape index (κ1) is 27.1. The zero-order valence-electron chi connectivity index (χ0n) is 25.6. The maximum atomic E-state index is 4.99. The fourth-order valence-electron chi connectivity index (χ4n) is 7.04. The third-order valence-electron chi connectivity index (χ3n) is 9.17. The van der Waals surface area contributed by atoms with Crippen LogP contribution in [0.2, 0.25) is 0 Å². The van der Waals surface area contributed by atoms with Gasteiger partial charge in [-0.15, -0.1) is 11.3 Å². The second-order valence-corrected chi connectivity index (χ2v) is 13.4. The topological polar surface area (TPSA) is 69.4 Å². The van der Waals surface area contributed by atoms with E-state index >= 15 is 0 Å². The van der Waals surface area contributed by atoms with Crippen molar-refractivity contribution in [3.63, 3.8) is 0 Å². The highest BCUT2D eigenvalue weighted by Crippen LogP contribution is 2.52. The molecule has 0 bridgehead atoms. The van der Waals surface area contributed by atoms with Gasteiger partial charge in [0.25, 0.3) is 0 Å². The summed E-state index contributed by atoms with van der Waals surface area (Å²) >= 11 is 1.92. The van der Waals surface area contributed by atoms with Crippen LogP contribution in [0.25, 0.3) is 67.7 Å². The van der Waals surface area contributed by atoms with E-state index in [9.17, 15) is 0 Å². The van der Waals surface area contributed by atoms with Crippen molar-refractivity contribution in [2.24, 2.45) is 5.92 Å². The summed E-state index contributed by atoms with van der Waals surface area (Å²) in [6, 6.07) is 28.7. The number of thiophene rings is 1. The lowest BCUT2D eigenvalue weighted by Crippen LogP contribution is -2.12. The summed E-state index contributed by atoms with van der Waals surface area (Å²) in [5.74, 6) is 3.45. The van der Waals surface area contributed by atoms with E-state index < -0.39 is 0 Å². The molecule has 2 aliphatic rings. The van der Waals surface area contributed by atoms with Crippen LogP contribution < -0.4 is 0 Å². The average molecular weight is 615 g/mol. The first-order valence-corrected chi connectivity index (χ1v) is 16.6. The Morgan fingerprint density at radius 1 is 0.674 bits per heavy atom. The van der Waals surface area contributed by atoms with E-state index in [1.54, 1.807) is 0 Å². The highest BCUT2D eigenvalue weighted by atomic mass is 32.1. The van der Waals surface area contributed by atoms with Crippen LogP contribution in [0.5, 0.6) is 0 Å². The first-order valence-electron chi connectivity index (χ1n) is 15.8. The van der Waals surface area contributed by atoms with Crippen LogP contribution in [0.1, 0.15) is 41.3 Å². The summed E-state index contributed by atoms with van der Waals surface area (Å²) in [4.78, 5) is 27.3. The number of fused-ring (bicyclic) bond motifs is 7. The molecule has 0 radical (unpaired) electrons. The molecule has 0 saturated heterocycles. The Labute approximate surface area is 271 Å². The minimum absolute atomic E-state index is 0.463. The van der Waals surface area contributed by atoms with Gasteiger partial charge in [-0.25, -0.2) is 24.9 Å². The van der Waals surface area contributed by atoms with Gasteiger partial charge in [0.05, 0.1) is 21.7 Å². The van der Waals surface area contributed by atoms with Crippen molar-refractivity contribution >= 4 is 28.3 Å². The van der Waals surface area contributed by atoms with Gasteiger partial charge in [0, 0.05) is 33.8 Å². The fourth-order valence-corrected chi connectivity index (χ4v) is 8.47. The second kappa shape index (κ2) is 10.7. The molecule has 7 heteroatoms. The van der Waals surface area contributed by atoms with Crippen LogP contribution in [-0.4, -0.2) is 29.5 Å². The van der Waals surface area contributed by atoms with Gasteiger partial charge in [0.1, 0.15) is 0 Å². The predicted molar refractivity (Wildman–Crippen MR) is 186 cm³/mol. The van der Waals surface area contributed by atoms with E-state index in [-0.39, 0.29) is 0 Å². The first-order chi connectivity index (χ1) is 22.6. The van der Waals surface area contributed by atoms with Crippen molar-refractivity contribution in [1.82, 2.24) is 29.5 Å². The minimum Gasteiger partial charge on any atom is -0.277 e. The fraction of sp³-hybridized carbons (Fsp3) is 0.154. The van der Waals surface area contributed by atoms with Crippen LogP contribution in [0.3, 0.4) is 0 Å². The van der Waals surface area contributed by atoms with Crippen LogP contribution in [0, 0.1) is 5.92 Å². The average Bonchev–Trinajstić information content (AvgIpc) is 3.65. The maximum absolute atomic E-state index is 4.99. The quantitative estimate of drug-likeness (QED) is 0.198. The summed E-state index contributed by atoms with van der Waals surface area (Å²) in [6.45, 7) is 4.70. The van der Waals surface area contributed by atoms with Crippen LogP contribution in [-0.2, 0) is 12.8 Å². The lowest BCUT2D eigenvalue weighted by Gasteiger charge is -2.24. The Morgan fingerprint density at radius 2 is 1.28 bits per heavy atom. The summed E-state index contributed by atoms with van der Waals surface area (Å²) < 4.78 is 2.27. The highest BCUT2D eigenvalue weighted by Gasteiger charge is 2.34. The third-order valence-corrected chi connectivity index (χ3v) is 10.4. The Bertz CT molecular complexity index is 2230. The van der Waals surface area contributed by atoms with Gasteiger partial charge < -0.3 is 0 Å². The number of nitrogens with zero attached hydrogens (tertiary/aromatic N) is 6. The molecule has 0 saturated carbocycles. The Hall–Kier alpha value is -5.27. The molecular weight excluding hydrogens is 585 g/mol. The molecule has 4 heterocycles. The molecule has 2 aliphatic carbocycles. The lowest BCUT2D eigenvalue weighted by molar-refractivity contribution is 0.686. The van der Waals surface area contributed by atoms with Crippen molar-refractivity contribution in [1.29, 1.82) is 0 Å². The van der Waals surface area contributed by atoms with Crippen molar-refractivity contribution in [2.45, 2.75) is 32.6 Å². The molecule has 46 heavy (non-hydrogen) atoms. The number of benzene rings is 3. The summed E-state index contributed by atoms with van der Waals surface area (Å²) in [5, 5.41) is 1.27. The van der Waals surface area contributed by atoms with E-state index in [0.717, 1.165) is 35.0 Å². The molecule has 3 aromatic carbocycles. The minimum atomic E-state index is 0.463. The van der Waals surface area contributed by atoms with Crippen molar-refractivity contribution < 1.29 is 0 Å². The van der Waals surface area contributed by atoms with Gasteiger partial charge in [-0.1, -0.05) is 98.8 Å². The molecule has 0 fully saturated rings. The normalized spacial score (nSPS) is 16.7. The highest BCUT2D eigenvalue weighted by molar-refractivity contribution is 7.16. The molecule has 2 unspecified atom stereocenters. The van der Waals surface area contributed by atoms with Gasteiger partial charge in [-0.05, 0) is 53.5 Å². The summed E-state index contributed by atoms with van der Waals surface area (Å²) in [5.41, 5.74) is 9.39. The van der Waals surface area contributed by atoms with E-state index in [2.05, 4.69) is 54.8 Å². The van der Waals surface area contributed by atoms with Gasteiger partial charge in [0.2, 0.25) is 5.95 Å². The molecule has 0 N–H and O–H groups in total. The Balaban J connectivity index is 1.19. The smallest absolute Gasteiger partial charge is 0.234 e.